The molecule has 0 radical (unpaired) electrons. The summed E-state index contributed by atoms with van der Waals surface area (Å²) < 4.78 is 5.58. The fourth-order valence-corrected chi connectivity index (χ4v) is 4.00. The molecule has 0 aromatic heterocycles. The lowest BCUT2D eigenvalue weighted by Crippen LogP contribution is -2.54. The summed E-state index contributed by atoms with van der Waals surface area (Å²) in [4.78, 5) is 37.7. The number of likely N-dealkylation sites (N-methyl/N-ethyl adjacent to an activating group) is 1. The van der Waals surface area contributed by atoms with Gasteiger partial charge in [0.15, 0.2) is 0 Å². The first-order valence-corrected chi connectivity index (χ1v) is 10.7. The maximum absolute atomic E-state index is 12.9. The molecule has 2 N–H and O–H groups in total. The predicted octanol–water partition coefficient (Wildman–Crippen LogP) is 3.87. The number of aliphatic carboxylic acids is 1. The molecule has 0 saturated heterocycles. The molecule has 2 amide bonds. The van der Waals surface area contributed by atoms with E-state index in [0.29, 0.717) is 0 Å². The average molecular weight is 439 g/mol. The van der Waals surface area contributed by atoms with Crippen LogP contribution >= 0.6 is 0 Å². The number of nitrogens with one attached hydrogen (secondary N) is 1. The molecule has 0 aliphatic heterocycles. The van der Waals surface area contributed by atoms with Crippen molar-refractivity contribution >= 4 is 18.0 Å². The summed E-state index contributed by atoms with van der Waals surface area (Å²) in [6, 6.07) is 15.3. The number of carboxylic acid groups (broad SMARTS) is 1. The molecule has 170 valence electrons. The molecule has 1 aliphatic rings. The highest BCUT2D eigenvalue weighted by atomic mass is 16.5. The van der Waals surface area contributed by atoms with Crippen molar-refractivity contribution in [3.05, 3.63) is 59.7 Å². The molecule has 1 aliphatic carbocycles. The van der Waals surface area contributed by atoms with Gasteiger partial charge in [-0.3, -0.25) is 9.59 Å². The first kappa shape index (κ1) is 23.3. The van der Waals surface area contributed by atoms with Gasteiger partial charge in [0.05, 0.1) is 6.42 Å². The maximum atomic E-state index is 12.9. The van der Waals surface area contributed by atoms with E-state index in [-0.39, 0.29) is 31.4 Å². The van der Waals surface area contributed by atoms with Crippen molar-refractivity contribution in [2.75, 3.05) is 20.2 Å². The molecule has 0 spiro atoms. The summed E-state index contributed by atoms with van der Waals surface area (Å²) in [5.74, 6) is -1.41. The molecule has 3 rings (SSSR count). The van der Waals surface area contributed by atoms with E-state index in [0.717, 1.165) is 22.3 Å². The van der Waals surface area contributed by atoms with E-state index in [1.807, 2.05) is 57.2 Å². The minimum absolute atomic E-state index is 0.0626. The number of nitrogens with zero attached hydrogens (tertiary/aromatic N) is 1. The summed E-state index contributed by atoms with van der Waals surface area (Å²) in [6.45, 7) is 5.73. The van der Waals surface area contributed by atoms with E-state index < -0.39 is 23.5 Å². The van der Waals surface area contributed by atoms with E-state index >= 15 is 0 Å². The van der Waals surface area contributed by atoms with Crippen molar-refractivity contribution in [1.29, 1.82) is 0 Å². The van der Waals surface area contributed by atoms with Gasteiger partial charge < -0.3 is 20.1 Å². The molecule has 0 heterocycles. The van der Waals surface area contributed by atoms with Gasteiger partial charge in [-0.2, -0.15) is 0 Å². The number of amides is 2. The Hall–Kier alpha value is -3.35. The van der Waals surface area contributed by atoms with Crippen LogP contribution < -0.4 is 5.32 Å². The molecular formula is C25H30N2O5. The number of carbonyl (C=O) groups excluding carboxylic acids is 2. The monoisotopic (exact) mass is 438 g/mol. The van der Waals surface area contributed by atoms with Crippen molar-refractivity contribution in [1.82, 2.24) is 10.2 Å². The van der Waals surface area contributed by atoms with Gasteiger partial charge in [-0.05, 0) is 27.7 Å². The second-order valence-electron chi connectivity index (χ2n) is 9.17. The van der Waals surface area contributed by atoms with Crippen LogP contribution in [-0.4, -0.2) is 54.2 Å². The Labute approximate surface area is 188 Å². The second kappa shape index (κ2) is 9.42. The number of hydrogen-bond donors (Lipinski definition) is 2. The second-order valence-corrected chi connectivity index (χ2v) is 9.17. The largest absolute Gasteiger partial charge is 0.481 e. The van der Waals surface area contributed by atoms with Gasteiger partial charge in [0.2, 0.25) is 5.91 Å². The molecule has 0 bridgehead atoms. The number of carboxylic acids is 1. The van der Waals surface area contributed by atoms with E-state index in [1.54, 1.807) is 0 Å². The number of carbonyl (C=O) groups is 3. The highest BCUT2D eigenvalue weighted by Crippen LogP contribution is 2.44. The molecule has 0 saturated carbocycles. The van der Waals surface area contributed by atoms with Gasteiger partial charge in [-0.25, -0.2) is 4.79 Å². The Morgan fingerprint density at radius 1 is 1.03 bits per heavy atom. The Morgan fingerprint density at radius 3 is 2.06 bits per heavy atom. The summed E-state index contributed by atoms with van der Waals surface area (Å²) >= 11 is 0. The zero-order chi connectivity index (χ0) is 23.5. The van der Waals surface area contributed by atoms with E-state index in [2.05, 4.69) is 17.4 Å². The first-order chi connectivity index (χ1) is 15.1. The van der Waals surface area contributed by atoms with Gasteiger partial charge in [0, 0.05) is 19.5 Å². The van der Waals surface area contributed by atoms with Crippen LogP contribution in [0.1, 0.15) is 44.2 Å². The highest BCUT2D eigenvalue weighted by Gasteiger charge is 2.36. The summed E-state index contributed by atoms with van der Waals surface area (Å²) in [5, 5.41) is 11.6. The summed E-state index contributed by atoms with van der Waals surface area (Å²) in [6.07, 6.45) is -0.837. The lowest BCUT2D eigenvalue weighted by atomic mass is 9.86. The molecule has 7 nitrogen and oxygen atoms in total. The number of hydrogen-bond acceptors (Lipinski definition) is 4. The van der Waals surface area contributed by atoms with E-state index in [9.17, 15) is 14.4 Å². The van der Waals surface area contributed by atoms with Gasteiger partial charge in [-0.15, -0.1) is 0 Å². The zero-order valence-electron chi connectivity index (χ0n) is 18.9. The predicted molar refractivity (Wildman–Crippen MR) is 121 cm³/mol. The fraction of sp³-hybridized carbons (Fsp3) is 0.400. The van der Waals surface area contributed by atoms with E-state index in [1.165, 1.54) is 11.9 Å². The average Bonchev–Trinajstić information content (AvgIpc) is 3.07. The van der Waals surface area contributed by atoms with Crippen LogP contribution in [0.4, 0.5) is 4.79 Å². The van der Waals surface area contributed by atoms with Crippen LogP contribution in [0.3, 0.4) is 0 Å². The number of ether oxygens (including phenoxy) is 1. The van der Waals surface area contributed by atoms with Crippen LogP contribution in [0.2, 0.25) is 0 Å². The Kier molecular flexibility index (Phi) is 6.87. The van der Waals surface area contributed by atoms with E-state index in [4.69, 9.17) is 9.84 Å². The third-order valence-corrected chi connectivity index (χ3v) is 5.76. The number of alkyl carbamates (subject to hydrolysis) is 1. The number of fused-ring (bicyclic) bond motifs is 3. The van der Waals surface area contributed by atoms with Crippen LogP contribution in [0.5, 0.6) is 0 Å². The third-order valence-electron chi connectivity index (χ3n) is 5.76. The molecule has 0 fully saturated rings. The van der Waals surface area contributed by atoms with Crippen LogP contribution in [0.25, 0.3) is 11.1 Å². The van der Waals surface area contributed by atoms with Gasteiger partial charge in [-0.1, -0.05) is 69.3 Å². The summed E-state index contributed by atoms with van der Waals surface area (Å²) in [5.41, 5.74) is 3.91. The molecule has 2 aromatic rings. The zero-order valence-corrected chi connectivity index (χ0v) is 18.9. The van der Waals surface area contributed by atoms with Crippen molar-refractivity contribution < 1.29 is 24.2 Å². The molecular weight excluding hydrogens is 408 g/mol. The third kappa shape index (κ3) is 5.10. The van der Waals surface area contributed by atoms with Gasteiger partial charge >= 0.3 is 12.1 Å². The Balaban J connectivity index is 1.68. The van der Waals surface area contributed by atoms with Crippen molar-refractivity contribution in [3.8, 4) is 11.1 Å². The normalized spacial score (nSPS) is 13.6. The molecule has 7 heteroatoms. The molecule has 2 aromatic carbocycles. The van der Waals surface area contributed by atoms with Crippen molar-refractivity contribution in [3.63, 3.8) is 0 Å². The quantitative estimate of drug-likeness (QED) is 0.684. The smallest absolute Gasteiger partial charge is 0.407 e. The molecule has 32 heavy (non-hydrogen) atoms. The van der Waals surface area contributed by atoms with Crippen LogP contribution in [0, 0.1) is 5.41 Å². The molecule has 1 atom stereocenters. The van der Waals surface area contributed by atoms with Gasteiger partial charge in [0.25, 0.3) is 0 Å². The van der Waals surface area contributed by atoms with Crippen molar-refractivity contribution in [2.24, 2.45) is 5.41 Å². The fourth-order valence-electron chi connectivity index (χ4n) is 4.00. The summed E-state index contributed by atoms with van der Waals surface area (Å²) in [7, 11) is 1.53. The Bertz CT molecular complexity index is 966. The molecule has 1 unspecified atom stereocenters. The lowest BCUT2D eigenvalue weighted by Gasteiger charge is -2.33. The minimum Gasteiger partial charge on any atom is -0.481 e. The van der Waals surface area contributed by atoms with Gasteiger partial charge in [0.1, 0.15) is 12.6 Å². The SMILES string of the molecule is CN(CCC(=O)O)C(=O)C(NC(=O)OCC1c2ccccc2-c2ccccc21)C(C)(C)C. The standard InChI is InChI=1S/C25H30N2O5/c1-25(2,3)22(23(30)27(4)14-13-21(28)29)26-24(31)32-15-20-18-11-7-5-9-16(18)17-10-6-8-12-19(17)20/h5-12,20,22H,13-15H2,1-4H3,(H,26,31)(H,28,29). The number of rotatable bonds is 7. The van der Waals surface area contributed by atoms with Crippen LogP contribution in [0.15, 0.2) is 48.5 Å². The maximum Gasteiger partial charge on any atom is 0.407 e. The topological polar surface area (TPSA) is 95.9 Å². The highest BCUT2D eigenvalue weighted by molar-refractivity contribution is 5.86. The minimum atomic E-state index is -0.985. The first-order valence-electron chi connectivity index (χ1n) is 10.7. The Morgan fingerprint density at radius 2 is 1.56 bits per heavy atom. The van der Waals surface area contributed by atoms with Crippen LogP contribution in [-0.2, 0) is 14.3 Å². The number of benzene rings is 2. The lowest BCUT2D eigenvalue weighted by molar-refractivity contribution is -0.139. The van der Waals surface area contributed by atoms with Crippen molar-refractivity contribution in [2.45, 2.75) is 39.2 Å².